The first-order valence-corrected chi connectivity index (χ1v) is 8.24. The van der Waals surface area contributed by atoms with Crippen molar-refractivity contribution in [2.45, 2.75) is 38.0 Å². The first-order chi connectivity index (χ1) is 10.3. The van der Waals surface area contributed by atoms with Crippen molar-refractivity contribution in [3.8, 4) is 11.5 Å². The second-order valence-corrected chi connectivity index (χ2v) is 6.46. The summed E-state index contributed by atoms with van der Waals surface area (Å²) < 4.78 is 10.7. The third kappa shape index (κ3) is 3.70. The van der Waals surface area contributed by atoms with Gasteiger partial charge in [-0.15, -0.1) is 0 Å². The van der Waals surface area contributed by atoms with Gasteiger partial charge in [-0.1, -0.05) is 18.9 Å². The molecule has 0 spiro atoms. The quantitative estimate of drug-likeness (QED) is 0.797. The van der Waals surface area contributed by atoms with Gasteiger partial charge in [0.05, 0.1) is 14.2 Å². The number of benzene rings is 1. The molecule has 0 atom stereocenters. The van der Waals surface area contributed by atoms with Crippen LogP contribution >= 0.6 is 0 Å². The molecule has 1 aromatic rings. The van der Waals surface area contributed by atoms with Crippen LogP contribution in [0.25, 0.3) is 0 Å². The first-order valence-electron chi connectivity index (χ1n) is 8.24. The normalized spacial score (nSPS) is 20.5. The van der Waals surface area contributed by atoms with Crippen LogP contribution in [0.15, 0.2) is 18.2 Å². The van der Waals surface area contributed by atoms with Crippen LogP contribution in [0.4, 0.5) is 0 Å². The van der Waals surface area contributed by atoms with Gasteiger partial charge < -0.3 is 14.4 Å². The topological polar surface area (TPSA) is 21.7 Å². The third-order valence-corrected chi connectivity index (χ3v) is 5.02. The smallest absolute Gasteiger partial charge is 0.160 e. The fourth-order valence-electron chi connectivity index (χ4n) is 3.37. The molecule has 0 N–H and O–H groups in total. The molecule has 0 unspecified atom stereocenters. The van der Waals surface area contributed by atoms with E-state index in [9.17, 15) is 0 Å². The minimum Gasteiger partial charge on any atom is -0.493 e. The number of methoxy groups -OCH3 is 2. The Morgan fingerprint density at radius 2 is 1.71 bits per heavy atom. The van der Waals surface area contributed by atoms with E-state index >= 15 is 0 Å². The van der Waals surface area contributed by atoms with Crippen molar-refractivity contribution < 1.29 is 9.47 Å². The van der Waals surface area contributed by atoms with E-state index in [0.29, 0.717) is 5.92 Å². The molecule has 0 radical (unpaired) electrons. The van der Waals surface area contributed by atoms with Gasteiger partial charge in [0.25, 0.3) is 0 Å². The van der Waals surface area contributed by atoms with E-state index in [4.69, 9.17) is 9.47 Å². The summed E-state index contributed by atoms with van der Waals surface area (Å²) in [5.41, 5.74) is 1.40. The van der Waals surface area contributed by atoms with E-state index in [0.717, 1.165) is 17.4 Å². The number of ether oxygens (including phenoxy) is 2. The van der Waals surface area contributed by atoms with Crippen molar-refractivity contribution in [3.05, 3.63) is 23.8 Å². The Labute approximate surface area is 128 Å². The van der Waals surface area contributed by atoms with E-state index in [2.05, 4.69) is 17.0 Å². The Morgan fingerprint density at radius 1 is 1.00 bits per heavy atom. The Hall–Kier alpha value is -1.22. The lowest BCUT2D eigenvalue weighted by Gasteiger charge is -2.32. The zero-order chi connectivity index (χ0) is 14.7. The first kappa shape index (κ1) is 14.7. The number of nitrogens with zero attached hydrogens (tertiary/aromatic N) is 1. The van der Waals surface area contributed by atoms with Gasteiger partial charge in [-0.3, -0.25) is 0 Å². The molecule has 0 bridgehead atoms. The predicted molar refractivity (Wildman–Crippen MR) is 85.3 cm³/mol. The van der Waals surface area contributed by atoms with Gasteiger partial charge in [-0.25, -0.2) is 0 Å². The molecule has 1 heterocycles. The van der Waals surface area contributed by atoms with Crippen LogP contribution < -0.4 is 9.47 Å². The molecule has 3 heteroatoms. The maximum absolute atomic E-state index is 5.43. The van der Waals surface area contributed by atoms with E-state index in [-0.39, 0.29) is 0 Å². The molecule has 1 aliphatic carbocycles. The SMILES string of the molecule is COc1ccc(C2CCN(CCC3CC3)CC2)cc1OC. The number of hydrogen-bond acceptors (Lipinski definition) is 3. The summed E-state index contributed by atoms with van der Waals surface area (Å²) in [7, 11) is 3.40. The lowest BCUT2D eigenvalue weighted by Crippen LogP contribution is -2.33. The highest BCUT2D eigenvalue weighted by Crippen LogP contribution is 2.36. The van der Waals surface area contributed by atoms with E-state index in [1.165, 1.54) is 57.3 Å². The van der Waals surface area contributed by atoms with E-state index < -0.39 is 0 Å². The highest BCUT2D eigenvalue weighted by Gasteiger charge is 2.25. The number of likely N-dealkylation sites (tertiary alicyclic amines) is 1. The fourth-order valence-corrected chi connectivity index (χ4v) is 3.37. The van der Waals surface area contributed by atoms with Crippen LogP contribution in [-0.2, 0) is 0 Å². The molecule has 2 aliphatic rings. The van der Waals surface area contributed by atoms with Gasteiger partial charge in [0.1, 0.15) is 0 Å². The lowest BCUT2D eigenvalue weighted by molar-refractivity contribution is 0.207. The zero-order valence-electron chi connectivity index (χ0n) is 13.3. The average Bonchev–Trinajstić information content (AvgIpc) is 3.37. The summed E-state index contributed by atoms with van der Waals surface area (Å²) >= 11 is 0. The molecule has 3 rings (SSSR count). The maximum atomic E-state index is 5.43. The Morgan fingerprint density at radius 3 is 2.33 bits per heavy atom. The minimum absolute atomic E-state index is 0.669. The number of hydrogen-bond donors (Lipinski definition) is 0. The molecule has 1 saturated carbocycles. The summed E-state index contributed by atoms with van der Waals surface area (Å²) in [6.07, 6.45) is 6.89. The molecular weight excluding hydrogens is 262 g/mol. The molecule has 3 nitrogen and oxygen atoms in total. The fraction of sp³-hybridized carbons (Fsp3) is 0.667. The molecule has 21 heavy (non-hydrogen) atoms. The summed E-state index contributed by atoms with van der Waals surface area (Å²) in [6.45, 7) is 3.79. The van der Waals surface area contributed by atoms with Crippen LogP contribution in [0.1, 0.15) is 43.6 Å². The van der Waals surface area contributed by atoms with Crippen molar-refractivity contribution in [1.82, 2.24) is 4.90 Å². The monoisotopic (exact) mass is 289 g/mol. The molecule has 2 fully saturated rings. The van der Waals surface area contributed by atoms with E-state index in [1.807, 2.05) is 6.07 Å². The van der Waals surface area contributed by atoms with Crippen LogP contribution in [0.3, 0.4) is 0 Å². The summed E-state index contributed by atoms with van der Waals surface area (Å²) in [4.78, 5) is 2.65. The standard InChI is InChI=1S/C18H27NO2/c1-20-17-6-5-16(13-18(17)21-2)15-8-11-19(12-9-15)10-7-14-3-4-14/h5-6,13-15H,3-4,7-12H2,1-2H3. The Balaban J connectivity index is 1.55. The molecule has 1 aromatic carbocycles. The van der Waals surface area contributed by atoms with Crippen LogP contribution in [0, 0.1) is 5.92 Å². The van der Waals surface area contributed by atoms with Gasteiger partial charge >= 0.3 is 0 Å². The Kier molecular flexibility index (Phi) is 4.69. The van der Waals surface area contributed by atoms with Gasteiger partial charge in [-0.2, -0.15) is 0 Å². The number of rotatable bonds is 6. The van der Waals surface area contributed by atoms with Crippen molar-refractivity contribution in [2.75, 3.05) is 33.9 Å². The van der Waals surface area contributed by atoms with Crippen molar-refractivity contribution in [3.63, 3.8) is 0 Å². The van der Waals surface area contributed by atoms with Crippen molar-refractivity contribution in [1.29, 1.82) is 0 Å². The molecule has 0 aromatic heterocycles. The van der Waals surface area contributed by atoms with Crippen molar-refractivity contribution in [2.24, 2.45) is 5.92 Å². The average molecular weight is 289 g/mol. The van der Waals surface area contributed by atoms with Crippen LogP contribution in [0.2, 0.25) is 0 Å². The zero-order valence-corrected chi connectivity index (χ0v) is 13.3. The highest BCUT2D eigenvalue weighted by molar-refractivity contribution is 5.44. The number of piperidine rings is 1. The molecule has 1 aliphatic heterocycles. The van der Waals surface area contributed by atoms with E-state index in [1.54, 1.807) is 14.2 Å². The third-order valence-electron chi connectivity index (χ3n) is 5.02. The van der Waals surface area contributed by atoms with Gasteiger partial charge in [0, 0.05) is 0 Å². The highest BCUT2D eigenvalue weighted by atomic mass is 16.5. The largest absolute Gasteiger partial charge is 0.493 e. The van der Waals surface area contributed by atoms with Gasteiger partial charge in [-0.05, 0) is 68.4 Å². The molecule has 116 valence electrons. The summed E-state index contributed by atoms with van der Waals surface area (Å²) in [5, 5.41) is 0. The van der Waals surface area contributed by atoms with Crippen LogP contribution in [-0.4, -0.2) is 38.8 Å². The minimum atomic E-state index is 0.669. The molecule has 0 amide bonds. The lowest BCUT2D eigenvalue weighted by atomic mass is 9.89. The second kappa shape index (κ2) is 6.69. The summed E-state index contributed by atoms with van der Waals surface area (Å²) in [5.74, 6) is 3.39. The van der Waals surface area contributed by atoms with Crippen molar-refractivity contribution >= 4 is 0 Å². The Bertz CT molecular complexity index is 462. The predicted octanol–water partition coefficient (Wildman–Crippen LogP) is 3.68. The molecule has 1 saturated heterocycles. The molecular formula is C18H27NO2. The van der Waals surface area contributed by atoms with Gasteiger partial charge in [0.2, 0.25) is 0 Å². The second-order valence-electron chi connectivity index (χ2n) is 6.46. The summed E-state index contributed by atoms with van der Waals surface area (Å²) in [6, 6.07) is 6.39. The van der Waals surface area contributed by atoms with Gasteiger partial charge in [0.15, 0.2) is 11.5 Å². The maximum Gasteiger partial charge on any atom is 0.160 e. The van der Waals surface area contributed by atoms with Crippen LogP contribution in [0.5, 0.6) is 11.5 Å².